The van der Waals surface area contributed by atoms with Crippen molar-refractivity contribution in [3.8, 4) is 11.5 Å². The third-order valence-corrected chi connectivity index (χ3v) is 6.13. The quantitative estimate of drug-likeness (QED) is 0.253. The fraction of sp³-hybridized carbons (Fsp3) is 0.179. The Bertz CT molecular complexity index is 1490. The number of rotatable bonds is 9. The summed E-state index contributed by atoms with van der Waals surface area (Å²) in [5.74, 6) is 0.747. The van der Waals surface area contributed by atoms with Crippen LogP contribution in [0.1, 0.15) is 12.0 Å². The van der Waals surface area contributed by atoms with Crippen LogP contribution in [0, 0.1) is 5.82 Å². The van der Waals surface area contributed by atoms with Gasteiger partial charge in [-0.1, -0.05) is 30.3 Å². The number of aromatic nitrogens is 2. The maximum absolute atomic E-state index is 13.4. The van der Waals surface area contributed by atoms with Crippen LogP contribution in [0.15, 0.2) is 73.6 Å². The minimum absolute atomic E-state index is 0.116. The molecule has 1 fully saturated rings. The van der Waals surface area contributed by atoms with Crippen molar-refractivity contribution in [2.24, 2.45) is 0 Å². The van der Waals surface area contributed by atoms with Gasteiger partial charge in [0.15, 0.2) is 0 Å². The smallest absolute Gasteiger partial charge is 0.247 e. The van der Waals surface area contributed by atoms with Crippen molar-refractivity contribution >= 4 is 45.6 Å². The third kappa shape index (κ3) is 6.01. The number of carbonyl (C=O) groups excluding carboxylic acids is 1. The molecular weight excluding hydrogens is 511 g/mol. The van der Waals surface area contributed by atoms with E-state index in [0.29, 0.717) is 63.4 Å². The molecule has 3 aromatic carbocycles. The van der Waals surface area contributed by atoms with Crippen molar-refractivity contribution in [2.45, 2.75) is 19.1 Å². The third-order valence-electron chi connectivity index (χ3n) is 5.84. The zero-order chi connectivity index (χ0) is 26.5. The van der Waals surface area contributed by atoms with Crippen molar-refractivity contribution in [1.82, 2.24) is 9.97 Å². The molecule has 8 nitrogen and oxygen atoms in total. The lowest BCUT2D eigenvalue weighted by Crippen LogP contribution is -2.18. The Morgan fingerprint density at radius 2 is 2.08 bits per heavy atom. The highest BCUT2D eigenvalue weighted by Gasteiger charge is 2.20. The molecule has 0 bridgehead atoms. The van der Waals surface area contributed by atoms with Crippen LogP contribution in [0.3, 0.4) is 0 Å². The summed E-state index contributed by atoms with van der Waals surface area (Å²) in [7, 11) is 0. The van der Waals surface area contributed by atoms with E-state index in [1.807, 2.05) is 0 Å². The van der Waals surface area contributed by atoms with E-state index in [-0.39, 0.29) is 24.4 Å². The van der Waals surface area contributed by atoms with Gasteiger partial charge in [-0.3, -0.25) is 4.79 Å². The van der Waals surface area contributed by atoms with Crippen molar-refractivity contribution < 1.29 is 23.4 Å². The molecule has 1 aliphatic rings. The van der Waals surface area contributed by atoms with Crippen molar-refractivity contribution in [3.63, 3.8) is 0 Å². The molecule has 0 aliphatic carbocycles. The predicted molar refractivity (Wildman–Crippen MR) is 144 cm³/mol. The maximum atomic E-state index is 13.4. The minimum Gasteiger partial charge on any atom is -0.487 e. The van der Waals surface area contributed by atoms with Gasteiger partial charge >= 0.3 is 0 Å². The van der Waals surface area contributed by atoms with Crippen LogP contribution in [0.5, 0.6) is 11.5 Å². The number of nitrogens with one attached hydrogen (secondary N) is 2. The van der Waals surface area contributed by atoms with E-state index in [1.54, 1.807) is 42.5 Å². The van der Waals surface area contributed by atoms with Gasteiger partial charge in [0.2, 0.25) is 5.91 Å². The Kier molecular flexibility index (Phi) is 7.67. The number of ether oxygens (including phenoxy) is 3. The number of fused-ring (bicyclic) bond motifs is 1. The molecule has 1 aliphatic heterocycles. The molecule has 38 heavy (non-hydrogen) atoms. The summed E-state index contributed by atoms with van der Waals surface area (Å²) in [5.41, 5.74) is 2.44. The predicted octanol–water partition coefficient (Wildman–Crippen LogP) is 6.04. The number of amides is 1. The zero-order valence-corrected chi connectivity index (χ0v) is 21.0. The fourth-order valence-electron chi connectivity index (χ4n) is 3.97. The summed E-state index contributed by atoms with van der Waals surface area (Å²) >= 11 is 6.46. The molecule has 0 saturated carbocycles. The molecule has 0 unspecified atom stereocenters. The van der Waals surface area contributed by atoms with Crippen molar-refractivity contribution in [1.29, 1.82) is 0 Å². The number of anilines is 3. The second kappa shape index (κ2) is 11.5. The van der Waals surface area contributed by atoms with Gasteiger partial charge in [-0.2, -0.15) is 0 Å². The van der Waals surface area contributed by atoms with Crippen LogP contribution in [0.2, 0.25) is 5.02 Å². The lowest BCUT2D eigenvalue weighted by atomic mass is 10.1. The van der Waals surface area contributed by atoms with Gasteiger partial charge in [0.05, 0.1) is 29.4 Å². The largest absolute Gasteiger partial charge is 0.487 e. The monoisotopic (exact) mass is 534 g/mol. The average molecular weight is 535 g/mol. The maximum Gasteiger partial charge on any atom is 0.247 e. The van der Waals surface area contributed by atoms with E-state index in [2.05, 4.69) is 27.2 Å². The molecule has 1 amide bonds. The molecule has 194 valence electrons. The number of hydrogen-bond donors (Lipinski definition) is 2. The van der Waals surface area contributed by atoms with E-state index in [0.717, 1.165) is 6.42 Å². The van der Waals surface area contributed by atoms with Crippen LogP contribution in [0.25, 0.3) is 10.9 Å². The Morgan fingerprint density at radius 3 is 2.84 bits per heavy atom. The molecule has 5 rings (SSSR count). The Balaban J connectivity index is 1.39. The lowest BCUT2D eigenvalue weighted by molar-refractivity contribution is -0.111. The van der Waals surface area contributed by atoms with Crippen LogP contribution >= 0.6 is 11.6 Å². The van der Waals surface area contributed by atoms with Gasteiger partial charge in [0, 0.05) is 23.6 Å². The van der Waals surface area contributed by atoms with Crippen LogP contribution in [-0.4, -0.2) is 35.2 Å². The van der Waals surface area contributed by atoms with E-state index in [1.165, 1.54) is 24.5 Å². The van der Waals surface area contributed by atoms with Crippen molar-refractivity contribution in [2.75, 3.05) is 23.8 Å². The first-order valence-electron chi connectivity index (χ1n) is 11.9. The molecule has 2 heterocycles. The van der Waals surface area contributed by atoms with Crippen molar-refractivity contribution in [3.05, 3.63) is 90.0 Å². The van der Waals surface area contributed by atoms with Crippen LogP contribution in [0.4, 0.5) is 21.6 Å². The summed E-state index contributed by atoms with van der Waals surface area (Å²) < 4.78 is 30.7. The fourth-order valence-corrected chi connectivity index (χ4v) is 4.20. The van der Waals surface area contributed by atoms with Gasteiger partial charge in [0.25, 0.3) is 0 Å². The van der Waals surface area contributed by atoms with Gasteiger partial charge < -0.3 is 24.8 Å². The van der Waals surface area contributed by atoms with E-state index in [4.69, 9.17) is 25.8 Å². The van der Waals surface area contributed by atoms with Crippen LogP contribution in [-0.2, 0) is 16.1 Å². The number of nitrogens with zero attached hydrogens (tertiary/aromatic N) is 2. The molecular formula is C28H24ClFN4O4. The zero-order valence-electron chi connectivity index (χ0n) is 20.2. The molecule has 1 aromatic heterocycles. The molecule has 1 atom stereocenters. The number of benzene rings is 3. The molecule has 10 heteroatoms. The van der Waals surface area contributed by atoms with Gasteiger partial charge in [0.1, 0.15) is 42.2 Å². The van der Waals surface area contributed by atoms with E-state index in [9.17, 15) is 9.18 Å². The Hall–Kier alpha value is -4.21. The van der Waals surface area contributed by atoms with E-state index >= 15 is 0 Å². The SMILES string of the molecule is C=CC(=O)Nc1cc2c(Nc3ccc(OCc4cccc(F)c4)c(Cl)c3)ncnc2cc1O[C@@H]1CCOC1. The summed E-state index contributed by atoms with van der Waals surface area (Å²) in [4.78, 5) is 20.9. The second-order valence-electron chi connectivity index (χ2n) is 8.57. The van der Waals surface area contributed by atoms with E-state index < -0.39 is 0 Å². The first-order valence-corrected chi connectivity index (χ1v) is 12.3. The normalized spacial score (nSPS) is 14.7. The molecule has 1 saturated heterocycles. The highest BCUT2D eigenvalue weighted by molar-refractivity contribution is 6.32. The summed E-state index contributed by atoms with van der Waals surface area (Å²) in [6, 6.07) is 14.9. The Morgan fingerprint density at radius 1 is 1.18 bits per heavy atom. The van der Waals surface area contributed by atoms with Gasteiger partial charge in [-0.05, 0) is 48.0 Å². The van der Waals surface area contributed by atoms with Crippen LogP contribution < -0.4 is 20.1 Å². The number of hydrogen-bond acceptors (Lipinski definition) is 7. The van der Waals surface area contributed by atoms with Gasteiger partial charge in [-0.15, -0.1) is 0 Å². The summed E-state index contributed by atoms with van der Waals surface area (Å²) in [6.45, 7) is 4.81. The number of carbonyl (C=O) groups is 1. The molecule has 4 aromatic rings. The molecule has 2 N–H and O–H groups in total. The average Bonchev–Trinajstić information content (AvgIpc) is 3.42. The Labute approximate surface area is 223 Å². The first kappa shape index (κ1) is 25.4. The molecule has 0 spiro atoms. The standard InChI is InChI=1S/C28H24ClFN4O4/c1-2-27(35)34-24-12-21-23(13-26(24)38-20-8-9-36-15-20)31-16-32-28(21)33-19-6-7-25(22(29)11-19)37-14-17-4-3-5-18(30)10-17/h2-7,10-13,16,20H,1,8-9,14-15H2,(H,34,35)(H,31,32,33)/t20-/m1/s1. The summed E-state index contributed by atoms with van der Waals surface area (Å²) in [5, 5.41) is 7.08. The molecule has 0 radical (unpaired) electrons. The highest BCUT2D eigenvalue weighted by atomic mass is 35.5. The topological polar surface area (TPSA) is 94.6 Å². The second-order valence-corrected chi connectivity index (χ2v) is 8.98. The van der Waals surface area contributed by atoms with Gasteiger partial charge in [-0.25, -0.2) is 14.4 Å². The number of halogens is 2. The summed E-state index contributed by atoms with van der Waals surface area (Å²) in [6.07, 6.45) is 3.27. The first-order chi connectivity index (χ1) is 18.5. The lowest BCUT2D eigenvalue weighted by Gasteiger charge is -2.17. The minimum atomic E-state index is -0.371. The highest BCUT2D eigenvalue weighted by Crippen LogP contribution is 2.36.